The standard InChI is InChI=1S/C31H35N3O3/c1-5-27(35)29-26(12-9-15-33-29)24-13-14-25(20-32)28(18-24)37-31(36,6-2)34-30(3,4)19-21-16-22-10-7-8-11-23(22)17-21/h7-15,18,21,34,36H,5-6,16-17,19H2,1-4H3. The van der Waals surface area contributed by atoms with Crippen molar-refractivity contribution in [1.29, 1.82) is 5.26 Å². The number of rotatable bonds is 10. The van der Waals surface area contributed by atoms with E-state index in [2.05, 4.69) is 54.5 Å². The smallest absolute Gasteiger partial charge is 0.268 e. The number of benzene rings is 2. The number of nitrogens with one attached hydrogen (secondary N) is 1. The normalized spacial score (nSPS) is 15.0. The van der Waals surface area contributed by atoms with Gasteiger partial charge in [-0.2, -0.15) is 5.26 Å². The first-order valence-electron chi connectivity index (χ1n) is 13.0. The minimum absolute atomic E-state index is 0.0648. The zero-order valence-corrected chi connectivity index (χ0v) is 22.0. The number of hydrogen-bond acceptors (Lipinski definition) is 6. The number of aliphatic hydroxyl groups is 1. The number of carbonyl (C=O) groups excluding carboxylic acids is 1. The van der Waals surface area contributed by atoms with E-state index in [1.54, 1.807) is 37.4 Å². The van der Waals surface area contributed by atoms with Crippen molar-refractivity contribution in [1.82, 2.24) is 10.3 Å². The minimum Gasteiger partial charge on any atom is -0.448 e. The lowest BCUT2D eigenvalue weighted by molar-refractivity contribution is -0.180. The van der Waals surface area contributed by atoms with Gasteiger partial charge in [-0.25, -0.2) is 0 Å². The number of aromatic nitrogens is 1. The third kappa shape index (κ3) is 6.07. The predicted octanol–water partition coefficient (Wildman–Crippen LogP) is 5.82. The molecular weight excluding hydrogens is 462 g/mol. The Balaban J connectivity index is 1.56. The van der Waals surface area contributed by atoms with Crippen LogP contribution in [0.2, 0.25) is 0 Å². The van der Waals surface area contributed by atoms with E-state index >= 15 is 0 Å². The number of ketones is 1. The summed E-state index contributed by atoms with van der Waals surface area (Å²) in [6.45, 7) is 7.77. The number of nitriles is 1. The van der Waals surface area contributed by atoms with Gasteiger partial charge in [0, 0.05) is 30.1 Å². The Morgan fingerprint density at radius 1 is 1.14 bits per heavy atom. The summed E-state index contributed by atoms with van der Waals surface area (Å²) in [7, 11) is 0. The van der Waals surface area contributed by atoms with Gasteiger partial charge < -0.3 is 9.84 Å². The van der Waals surface area contributed by atoms with Crippen molar-refractivity contribution >= 4 is 5.78 Å². The summed E-state index contributed by atoms with van der Waals surface area (Å²) in [4.78, 5) is 16.7. The van der Waals surface area contributed by atoms with Crippen LogP contribution in [-0.4, -0.2) is 27.3 Å². The maximum atomic E-state index is 12.5. The van der Waals surface area contributed by atoms with Crippen molar-refractivity contribution in [2.45, 2.75) is 71.2 Å². The van der Waals surface area contributed by atoms with Crippen molar-refractivity contribution < 1.29 is 14.6 Å². The Kier molecular flexibility index (Phi) is 7.77. The van der Waals surface area contributed by atoms with Crippen molar-refractivity contribution in [2.75, 3.05) is 0 Å². The molecule has 1 aliphatic rings. The first-order valence-corrected chi connectivity index (χ1v) is 13.0. The van der Waals surface area contributed by atoms with Crippen LogP contribution in [0.1, 0.15) is 74.1 Å². The Morgan fingerprint density at radius 2 is 1.84 bits per heavy atom. The number of pyridine rings is 1. The number of Topliss-reactive ketones (excluding diaryl/α,β-unsaturated/α-hetero) is 1. The van der Waals surface area contributed by atoms with E-state index in [9.17, 15) is 15.2 Å². The average Bonchev–Trinajstić information content (AvgIpc) is 3.29. The third-order valence-corrected chi connectivity index (χ3v) is 7.03. The lowest BCUT2D eigenvalue weighted by Gasteiger charge is -2.39. The highest BCUT2D eigenvalue weighted by Gasteiger charge is 2.37. The SMILES string of the molecule is CCC(=O)c1ncccc1-c1ccc(C#N)c(OC(O)(CC)NC(C)(C)CC2Cc3ccccc3C2)c1. The number of nitrogens with zero attached hydrogens (tertiary/aromatic N) is 2. The molecule has 1 atom stereocenters. The average molecular weight is 498 g/mol. The van der Waals surface area contributed by atoms with Crippen LogP contribution < -0.4 is 10.1 Å². The number of fused-ring (bicyclic) bond motifs is 1. The van der Waals surface area contributed by atoms with E-state index in [0.717, 1.165) is 19.3 Å². The quantitative estimate of drug-likeness (QED) is 0.271. The van der Waals surface area contributed by atoms with Crippen LogP contribution in [0.15, 0.2) is 60.8 Å². The predicted molar refractivity (Wildman–Crippen MR) is 144 cm³/mol. The van der Waals surface area contributed by atoms with Crippen molar-refractivity contribution in [2.24, 2.45) is 5.92 Å². The zero-order valence-electron chi connectivity index (χ0n) is 22.0. The van der Waals surface area contributed by atoms with Crippen LogP contribution in [0, 0.1) is 17.2 Å². The van der Waals surface area contributed by atoms with Gasteiger partial charge in [0.1, 0.15) is 17.5 Å². The second kappa shape index (κ2) is 10.8. The Morgan fingerprint density at radius 3 is 2.46 bits per heavy atom. The molecule has 1 heterocycles. The van der Waals surface area contributed by atoms with Gasteiger partial charge >= 0.3 is 0 Å². The number of carbonyl (C=O) groups is 1. The van der Waals surface area contributed by atoms with Crippen LogP contribution in [0.3, 0.4) is 0 Å². The van der Waals surface area contributed by atoms with E-state index < -0.39 is 11.4 Å². The highest BCUT2D eigenvalue weighted by atomic mass is 16.6. The highest BCUT2D eigenvalue weighted by Crippen LogP contribution is 2.34. The van der Waals surface area contributed by atoms with Crippen LogP contribution in [0.4, 0.5) is 0 Å². The monoisotopic (exact) mass is 497 g/mol. The molecule has 0 radical (unpaired) electrons. The van der Waals surface area contributed by atoms with E-state index in [-0.39, 0.29) is 18.0 Å². The number of hydrogen-bond donors (Lipinski definition) is 2. The lowest BCUT2D eigenvalue weighted by Crippen LogP contribution is -2.59. The molecule has 0 saturated heterocycles. The second-order valence-corrected chi connectivity index (χ2v) is 10.5. The summed E-state index contributed by atoms with van der Waals surface area (Å²) in [6, 6.07) is 19.4. The van der Waals surface area contributed by atoms with E-state index in [0.29, 0.717) is 34.7 Å². The first kappa shape index (κ1) is 26.5. The fraction of sp³-hybridized carbons (Fsp3) is 0.387. The molecular formula is C31H35N3O3. The molecule has 2 aromatic carbocycles. The zero-order chi connectivity index (χ0) is 26.6. The summed E-state index contributed by atoms with van der Waals surface area (Å²) in [6.07, 6.45) is 5.11. The van der Waals surface area contributed by atoms with E-state index in [1.165, 1.54) is 11.1 Å². The maximum Gasteiger partial charge on any atom is 0.268 e. The van der Waals surface area contributed by atoms with Crippen LogP contribution in [-0.2, 0) is 12.8 Å². The molecule has 4 rings (SSSR count). The molecule has 1 aliphatic carbocycles. The van der Waals surface area contributed by atoms with Gasteiger partial charge in [0.25, 0.3) is 5.91 Å². The van der Waals surface area contributed by atoms with Crippen molar-refractivity contribution in [3.8, 4) is 22.9 Å². The van der Waals surface area contributed by atoms with Crippen LogP contribution in [0.5, 0.6) is 5.75 Å². The molecule has 0 aliphatic heterocycles. The van der Waals surface area contributed by atoms with E-state index in [1.807, 2.05) is 13.0 Å². The highest BCUT2D eigenvalue weighted by molar-refractivity contribution is 6.00. The van der Waals surface area contributed by atoms with Crippen LogP contribution >= 0.6 is 0 Å². The second-order valence-electron chi connectivity index (χ2n) is 10.5. The summed E-state index contributed by atoms with van der Waals surface area (Å²) in [5, 5.41) is 24.6. The molecule has 0 spiro atoms. The summed E-state index contributed by atoms with van der Waals surface area (Å²) >= 11 is 0. The van der Waals surface area contributed by atoms with Crippen molar-refractivity contribution in [3.05, 3.63) is 83.2 Å². The molecule has 192 valence electrons. The van der Waals surface area contributed by atoms with Gasteiger partial charge in [0.05, 0.1) is 5.56 Å². The largest absolute Gasteiger partial charge is 0.448 e. The topological polar surface area (TPSA) is 95.2 Å². The first-order chi connectivity index (χ1) is 17.7. The minimum atomic E-state index is -1.68. The summed E-state index contributed by atoms with van der Waals surface area (Å²) < 4.78 is 6.14. The summed E-state index contributed by atoms with van der Waals surface area (Å²) in [5.74, 6) is -1.03. The summed E-state index contributed by atoms with van der Waals surface area (Å²) in [5.41, 5.74) is 4.41. The fourth-order valence-corrected chi connectivity index (χ4v) is 5.36. The molecule has 6 nitrogen and oxygen atoms in total. The molecule has 0 saturated carbocycles. The van der Waals surface area contributed by atoms with Gasteiger partial charge in [0.2, 0.25) is 0 Å². The molecule has 3 aromatic rings. The van der Waals surface area contributed by atoms with Gasteiger partial charge in [-0.3, -0.25) is 15.1 Å². The Labute approximate surface area is 219 Å². The van der Waals surface area contributed by atoms with Gasteiger partial charge in [-0.15, -0.1) is 0 Å². The molecule has 0 bridgehead atoms. The lowest BCUT2D eigenvalue weighted by atomic mass is 9.88. The van der Waals surface area contributed by atoms with Crippen molar-refractivity contribution in [3.63, 3.8) is 0 Å². The fourth-order valence-electron chi connectivity index (χ4n) is 5.36. The molecule has 37 heavy (non-hydrogen) atoms. The number of ether oxygens (including phenoxy) is 1. The van der Waals surface area contributed by atoms with Gasteiger partial charge in [-0.1, -0.05) is 50.2 Å². The molecule has 2 N–H and O–H groups in total. The maximum absolute atomic E-state index is 12.5. The van der Waals surface area contributed by atoms with Gasteiger partial charge in [0.15, 0.2) is 5.78 Å². The molecule has 0 fully saturated rings. The molecule has 1 unspecified atom stereocenters. The molecule has 1 aromatic heterocycles. The van der Waals surface area contributed by atoms with Gasteiger partial charge in [-0.05, 0) is 73.9 Å². The molecule has 0 amide bonds. The van der Waals surface area contributed by atoms with E-state index in [4.69, 9.17) is 4.74 Å². The third-order valence-electron chi connectivity index (χ3n) is 7.03. The van der Waals surface area contributed by atoms with Crippen LogP contribution in [0.25, 0.3) is 11.1 Å². The molecule has 6 heteroatoms. The Hall–Kier alpha value is -3.53. The Bertz CT molecular complexity index is 1300.